The molecule has 11 nitrogen and oxygen atoms in total. The van der Waals surface area contributed by atoms with Gasteiger partial charge in [-0.3, -0.25) is 23.7 Å². The molecule has 3 N–H and O–H groups in total. The number of amides is 4. The van der Waals surface area contributed by atoms with Gasteiger partial charge in [0.25, 0.3) is 5.91 Å². The zero-order chi connectivity index (χ0) is 32.7. The quantitative estimate of drug-likeness (QED) is 0.349. The topological polar surface area (TPSA) is 148 Å². The number of carbonyl (C=O) groups excluding carboxylic acids is 4. The molecule has 3 aromatic rings. The number of fused-ring (bicyclic) bond motifs is 2. The van der Waals surface area contributed by atoms with E-state index in [0.29, 0.717) is 36.9 Å². The van der Waals surface area contributed by atoms with Gasteiger partial charge in [-0.05, 0) is 60.4 Å². The number of nitrogens with zero attached hydrogens (tertiary/aromatic N) is 3. The number of para-hydroxylation sites is 1. The summed E-state index contributed by atoms with van der Waals surface area (Å²) in [7, 11) is -4.18. The molecule has 5 rings (SSSR count). The molecule has 2 heterocycles. The third-order valence-electron chi connectivity index (χ3n) is 8.52. The molecule has 0 aliphatic carbocycles. The van der Waals surface area contributed by atoms with E-state index in [-0.39, 0.29) is 35.4 Å². The lowest BCUT2D eigenvalue weighted by molar-refractivity contribution is -0.144. The van der Waals surface area contributed by atoms with Crippen molar-refractivity contribution in [2.45, 2.75) is 50.0 Å². The minimum absolute atomic E-state index is 0.00205. The van der Waals surface area contributed by atoms with Crippen molar-refractivity contribution in [1.29, 1.82) is 0 Å². The van der Waals surface area contributed by atoms with Crippen molar-refractivity contribution in [3.05, 3.63) is 77.9 Å². The fourth-order valence-corrected chi connectivity index (χ4v) is 6.47. The maximum atomic E-state index is 14.4. The molecule has 4 amide bonds. The maximum absolute atomic E-state index is 14.4. The summed E-state index contributed by atoms with van der Waals surface area (Å²) in [5.41, 5.74) is -4.69. The van der Waals surface area contributed by atoms with Gasteiger partial charge in [-0.1, -0.05) is 36.4 Å². The number of likely N-dealkylation sites (N-methyl/N-ethyl adjacent to an activating group) is 1. The minimum Gasteiger partial charge on any atom is -0.340 e. The van der Waals surface area contributed by atoms with Crippen LogP contribution in [0.2, 0.25) is 0 Å². The summed E-state index contributed by atoms with van der Waals surface area (Å²) in [6.45, 7) is 1.55. The highest BCUT2D eigenvalue weighted by Gasteiger charge is 2.50. The Hall–Kier alpha value is -4.19. The number of anilines is 1. The van der Waals surface area contributed by atoms with Crippen molar-refractivity contribution in [1.82, 2.24) is 15.1 Å². The van der Waals surface area contributed by atoms with E-state index in [1.54, 1.807) is 31.3 Å². The molecule has 2 aliphatic heterocycles. The van der Waals surface area contributed by atoms with E-state index in [1.165, 1.54) is 45.9 Å². The summed E-state index contributed by atoms with van der Waals surface area (Å²) in [4.78, 5) is 76.4. The van der Waals surface area contributed by atoms with Crippen LogP contribution < -0.4 is 10.2 Å². The summed E-state index contributed by atoms with van der Waals surface area (Å²) in [6.07, 6.45) is 1.43. The van der Waals surface area contributed by atoms with E-state index in [9.17, 15) is 32.5 Å². The van der Waals surface area contributed by atoms with Crippen LogP contribution in [0.15, 0.2) is 66.7 Å². The van der Waals surface area contributed by atoms with Crippen LogP contribution in [-0.2, 0) is 24.6 Å². The Balaban J connectivity index is 1.43. The molecule has 2 fully saturated rings. The molecule has 2 aliphatic rings. The smallest absolute Gasteiger partial charge is 0.340 e. The van der Waals surface area contributed by atoms with Gasteiger partial charge in [-0.25, -0.2) is 0 Å². The zero-order valence-corrected chi connectivity index (χ0v) is 25.5. The minimum atomic E-state index is -5.81. The first-order valence-electron chi connectivity index (χ1n) is 14.4. The van der Waals surface area contributed by atoms with Gasteiger partial charge in [0.15, 0.2) is 0 Å². The summed E-state index contributed by atoms with van der Waals surface area (Å²) in [6, 6.07) is 13.9. The van der Waals surface area contributed by atoms with E-state index in [1.807, 2.05) is 6.07 Å². The fraction of sp³-hybridized carbons (Fsp3) is 0.355. The van der Waals surface area contributed by atoms with Crippen LogP contribution >= 0.6 is 7.60 Å². The predicted molar refractivity (Wildman–Crippen MR) is 162 cm³/mol. The van der Waals surface area contributed by atoms with Crippen LogP contribution in [0.5, 0.6) is 0 Å². The van der Waals surface area contributed by atoms with Crippen molar-refractivity contribution < 1.29 is 42.3 Å². The Labute approximate surface area is 257 Å². The van der Waals surface area contributed by atoms with E-state index in [0.717, 1.165) is 12.1 Å². The number of benzene rings is 3. The maximum Gasteiger partial charge on any atom is 0.399 e. The monoisotopic (exact) mass is 642 g/mol. The Bertz CT molecular complexity index is 1700. The fourth-order valence-electron chi connectivity index (χ4n) is 6.00. The van der Waals surface area contributed by atoms with Crippen molar-refractivity contribution in [2.24, 2.45) is 0 Å². The van der Waals surface area contributed by atoms with Crippen molar-refractivity contribution in [2.75, 3.05) is 25.0 Å². The Morgan fingerprint density at radius 2 is 1.67 bits per heavy atom. The van der Waals surface area contributed by atoms with E-state index in [4.69, 9.17) is 9.79 Å². The van der Waals surface area contributed by atoms with Crippen LogP contribution in [0.25, 0.3) is 10.8 Å². The van der Waals surface area contributed by atoms with Gasteiger partial charge in [-0.2, -0.15) is 8.78 Å². The third-order valence-corrected chi connectivity index (χ3v) is 9.51. The second-order valence-corrected chi connectivity index (χ2v) is 13.0. The van der Waals surface area contributed by atoms with Crippen LogP contribution in [0, 0.1) is 0 Å². The SMILES string of the molecule is CC(=O)N1CC[C@H]2CC[C@@H](C(=O)N(C)c3ccccc3)N2C(=O)[C@@H](NC(=O)c2ccc3ccc(C(F)(F)P(=O)(O)O)cc3c2)C1. The Morgan fingerprint density at radius 3 is 2.33 bits per heavy atom. The molecule has 0 spiro atoms. The normalized spacial score (nSPS) is 20.8. The first-order chi connectivity index (χ1) is 21.2. The highest BCUT2D eigenvalue weighted by Crippen LogP contribution is 2.59. The number of alkyl halides is 2. The molecule has 45 heavy (non-hydrogen) atoms. The lowest BCUT2D eigenvalue weighted by Gasteiger charge is -2.39. The highest BCUT2D eigenvalue weighted by atomic mass is 31.2. The number of hydrogen-bond donors (Lipinski definition) is 3. The zero-order valence-electron chi connectivity index (χ0n) is 24.6. The second-order valence-electron chi connectivity index (χ2n) is 11.4. The largest absolute Gasteiger partial charge is 0.399 e. The van der Waals surface area contributed by atoms with Gasteiger partial charge >= 0.3 is 13.3 Å². The Kier molecular flexibility index (Phi) is 8.81. The van der Waals surface area contributed by atoms with Crippen LogP contribution in [0.1, 0.15) is 42.1 Å². The summed E-state index contributed by atoms with van der Waals surface area (Å²) in [5.74, 6) is -1.80. The van der Waals surface area contributed by atoms with Gasteiger partial charge in [-0.15, -0.1) is 0 Å². The molecule has 0 bridgehead atoms. The molecule has 2 saturated heterocycles. The molecular weight excluding hydrogens is 609 g/mol. The molecule has 0 aromatic heterocycles. The molecule has 14 heteroatoms. The number of rotatable bonds is 6. The van der Waals surface area contributed by atoms with Gasteiger partial charge in [0, 0.05) is 49.9 Å². The first-order valence-corrected chi connectivity index (χ1v) is 16.0. The standard InChI is InChI=1S/C31H33F2N4O7P/c1-19(38)36-15-14-25-12-13-27(30(41)35(2)24-6-4-3-5-7-24)37(25)29(40)26(18-36)34-28(39)21-9-8-20-10-11-23(17-22(20)16-21)31(32,33)45(42,43)44/h3-11,16-17,25-27H,12-15,18H2,1-2H3,(H,34,39)(H2,42,43,44)/t25-,26+,27+/m1/s1. The summed E-state index contributed by atoms with van der Waals surface area (Å²) < 4.78 is 40.1. The lowest BCUT2D eigenvalue weighted by atomic mass is 10.0. The number of carbonyl (C=O) groups is 4. The number of nitrogens with one attached hydrogen (secondary N) is 1. The molecule has 238 valence electrons. The van der Waals surface area contributed by atoms with E-state index >= 15 is 0 Å². The van der Waals surface area contributed by atoms with Crippen molar-refractivity contribution in [3.8, 4) is 0 Å². The summed E-state index contributed by atoms with van der Waals surface area (Å²) >= 11 is 0. The van der Waals surface area contributed by atoms with Crippen LogP contribution in [0.4, 0.5) is 14.5 Å². The summed E-state index contributed by atoms with van der Waals surface area (Å²) in [5, 5.41) is 3.24. The van der Waals surface area contributed by atoms with Gasteiger partial charge in [0.1, 0.15) is 12.1 Å². The Morgan fingerprint density at radius 1 is 0.978 bits per heavy atom. The predicted octanol–water partition coefficient (Wildman–Crippen LogP) is 3.44. The molecule has 0 saturated carbocycles. The van der Waals surface area contributed by atoms with E-state index in [2.05, 4.69) is 5.32 Å². The highest BCUT2D eigenvalue weighted by molar-refractivity contribution is 7.52. The second kappa shape index (κ2) is 12.3. The average molecular weight is 643 g/mol. The van der Waals surface area contributed by atoms with Gasteiger partial charge < -0.3 is 29.8 Å². The third kappa shape index (κ3) is 6.33. The van der Waals surface area contributed by atoms with Crippen LogP contribution in [-0.4, -0.2) is 81.5 Å². The van der Waals surface area contributed by atoms with Crippen molar-refractivity contribution >= 4 is 47.7 Å². The number of halogens is 2. The lowest BCUT2D eigenvalue weighted by Crippen LogP contribution is -2.61. The van der Waals surface area contributed by atoms with Gasteiger partial charge in [0.05, 0.1) is 0 Å². The molecular formula is C31H33F2N4O7P. The average Bonchev–Trinajstić information content (AvgIpc) is 3.43. The molecule has 0 unspecified atom stereocenters. The van der Waals surface area contributed by atoms with Gasteiger partial charge in [0.2, 0.25) is 17.7 Å². The molecule has 3 atom stereocenters. The van der Waals surface area contributed by atoms with Crippen LogP contribution in [0.3, 0.4) is 0 Å². The molecule has 0 radical (unpaired) electrons. The number of hydrogen-bond acceptors (Lipinski definition) is 5. The van der Waals surface area contributed by atoms with Crippen molar-refractivity contribution in [3.63, 3.8) is 0 Å². The molecule has 3 aromatic carbocycles. The van der Waals surface area contributed by atoms with E-state index < -0.39 is 42.7 Å². The first kappa shape index (κ1) is 32.2.